The van der Waals surface area contributed by atoms with Gasteiger partial charge < -0.3 is 10.6 Å². The number of hydrogen-bond donors (Lipinski definition) is 2. The summed E-state index contributed by atoms with van der Waals surface area (Å²) in [6.45, 7) is 2.54. The maximum Gasteiger partial charge on any atom is 0.390 e. The van der Waals surface area contributed by atoms with Gasteiger partial charge in [0.1, 0.15) is 5.82 Å². The third-order valence-corrected chi connectivity index (χ3v) is 3.42. The molecule has 2 N–H and O–H groups in total. The van der Waals surface area contributed by atoms with Crippen LogP contribution in [0.2, 0.25) is 0 Å². The third kappa shape index (κ3) is 6.73. The molecule has 2 aromatic rings. The zero-order valence-corrected chi connectivity index (χ0v) is 14.4. The molecule has 0 aliphatic heterocycles. The average Bonchev–Trinajstić information content (AvgIpc) is 3.03. The van der Waals surface area contributed by atoms with Gasteiger partial charge in [0.15, 0.2) is 5.96 Å². The Balaban J connectivity index is 1.85. The van der Waals surface area contributed by atoms with Crippen molar-refractivity contribution < 1.29 is 17.6 Å². The summed E-state index contributed by atoms with van der Waals surface area (Å²) >= 11 is 0. The summed E-state index contributed by atoms with van der Waals surface area (Å²) < 4.78 is 51.1. The largest absolute Gasteiger partial charge is 0.390 e. The minimum absolute atomic E-state index is 0.314. The van der Waals surface area contributed by atoms with Gasteiger partial charge in [-0.15, -0.1) is 0 Å². The first kappa shape index (κ1) is 19.7. The zero-order chi connectivity index (χ0) is 19.0. The zero-order valence-electron chi connectivity index (χ0n) is 14.4. The number of guanidine groups is 1. The van der Waals surface area contributed by atoms with Gasteiger partial charge in [0, 0.05) is 25.7 Å². The molecule has 0 bridgehead atoms. The van der Waals surface area contributed by atoms with Crippen LogP contribution in [0.1, 0.15) is 19.0 Å². The van der Waals surface area contributed by atoms with Crippen molar-refractivity contribution in [1.82, 2.24) is 20.4 Å². The first-order valence-electron chi connectivity index (χ1n) is 8.27. The topological polar surface area (TPSA) is 54.2 Å². The minimum atomic E-state index is -4.21. The van der Waals surface area contributed by atoms with Gasteiger partial charge in [0.2, 0.25) is 0 Å². The van der Waals surface area contributed by atoms with Crippen LogP contribution in [0.5, 0.6) is 0 Å². The van der Waals surface area contributed by atoms with E-state index in [2.05, 4.69) is 20.7 Å². The van der Waals surface area contributed by atoms with E-state index < -0.39 is 12.6 Å². The number of benzene rings is 1. The molecule has 0 fully saturated rings. The number of hydrogen-bond acceptors (Lipinski definition) is 2. The molecule has 0 aliphatic rings. The van der Waals surface area contributed by atoms with Crippen LogP contribution < -0.4 is 10.6 Å². The predicted molar refractivity (Wildman–Crippen MR) is 91.9 cm³/mol. The number of halogens is 4. The molecule has 1 aromatic heterocycles. The Morgan fingerprint density at radius 2 is 1.88 bits per heavy atom. The fraction of sp³-hybridized carbons (Fsp3) is 0.412. The Morgan fingerprint density at radius 3 is 2.54 bits per heavy atom. The highest BCUT2D eigenvalue weighted by atomic mass is 19.4. The average molecular weight is 371 g/mol. The van der Waals surface area contributed by atoms with E-state index in [9.17, 15) is 17.6 Å². The molecule has 0 unspecified atom stereocenters. The lowest BCUT2D eigenvalue weighted by atomic mass is 10.3. The smallest absolute Gasteiger partial charge is 0.357 e. The SMILES string of the molecule is CCNC(=NCCC(F)(F)F)NCCc1ccn(-c2ccc(F)cc2)n1. The molecule has 1 heterocycles. The number of nitrogens with zero attached hydrogens (tertiary/aromatic N) is 3. The Labute approximate surface area is 149 Å². The minimum Gasteiger partial charge on any atom is -0.357 e. The number of aromatic nitrogens is 2. The molecule has 1 aromatic carbocycles. The van der Waals surface area contributed by atoms with Crippen molar-refractivity contribution >= 4 is 5.96 Å². The predicted octanol–water partition coefficient (Wildman–Crippen LogP) is 3.06. The van der Waals surface area contributed by atoms with Crippen molar-refractivity contribution in [1.29, 1.82) is 0 Å². The second-order valence-corrected chi connectivity index (χ2v) is 5.53. The lowest BCUT2D eigenvalue weighted by molar-refractivity contribution is -0.132. The lowest BCUT2D eigenvalue weighted by Crippen LogP contribution is -2.38. The number of alkyl halides is 3. The first-order valence-corrected chi connectivity index (χ1v) is 8.27. The molecule has 26 heavy (non-hydrogen) atoms. The maximum atomic E-state index is 12.9. The second kappa shape index (κ2) is 9.21. The van der Waals surface area contributed by atoms with Crippen LogP contribution in [0, 0.1) is 5.82 Å². The van der Waals surface area contributed by atoms with Gasteiger partial charge in [0.05, 0.1) is 24.3 Å². The summed E-state index contributed by atoms with van der Waals surface area (Å²) in [7, 11) is 0. The van der Waals surface area contributed by atoms with Crippen molar-refractivity contribution in [3.8, 4) is 5.69 Å². The summed E-state index contributed by atoms with van der Waals surface area (Å²) in [5.41, 5.74) is 1.54. The lowest BCUT2D eigenvalue weighted by Gasteiger charge is -2.11. The Morgan fingerprint density at radius 1 is 1.15 bits per heavy atom. The van der Waals surface area contributed by atoms with E-state index in [-0.39, 0.29) is 12.4 Å². The maximum absolute atomic E-state index is 12.9. The van der Waals surface area contributed by atoms with Gasteiger partial charge in [0.25, 0.3) is 0 Å². The molecule has 0 radical (unpaired) electrons. The van der Waals surface area contributed by atoms with Crippen LogP contribution in [0.4, 0.5) is 17.6 Å². The van der Waals surface area contributed by atoms with E-state index in [0.717, 1.165) is 11.4 Å². The van der Waals surface area contributed by atoms with Crippen LogP contribution >= 0.6 is 0 Å². The summed E-state index contributed by atoms with van der Waals surface area (Å²) in [5.74, 6) is 0.0285. The molecular weight excluding hydrogens is 350 g/mol. The van der Waals surface area contributed by atoms with Crippen molar-refractivity contribution in [2.45, 2.75) is 25.9 Å². The van der Waals surface area contributed by atoms with Crippen LogP contribution in [-0.4, -0.2) is 41.6 Å². The quantitative estimate of drug-likeness (QED) is 0.447. The monoisotopic (exact) mass is 371 g/mol. The summed E-state index contributed by atoms with van der Waals surface area (Å²) in [6.07, 6.45) is -2.83. The molecule has 142 valence electrons. The standard InChI is InChI=1S/C17H21F4N5/c1-2-22-16(24-11-9-17(19,20)21)23-10-7-14-8-12-26(25-14)15-5-3-13(18)4-6-15/h3-6,8,12H,2,7,9-11H2,1H3,(H2,22,23,24). The highest BCUT2D eigenvalue weighted by Gasteiger charge is 2.26. The highest BCUT2D eigenvalue weighted by Crippen LogP contribution is 2.18. The van der Waals surface area contributed by atoms with Gasteiger partial charge in [-0.3, -0.25) is 4.99 Å². The van der Waals surface area contributed by atoms with E-state index in [4.69, 9.17) is 0 Å². The van der Waals surface area contributed by atoms with E-state index in [0.29, 0.717) is 25.5 Å². The number of rotatable bonds is 7. The normalized spacial score (nSPS) is 12.3. The van der Waals surface area contributed by atoms with E-state index >= 15 is 0 Å². The molecule has 0 amide bonds. The van der Waals surface area contributed by atoms with Crippen molar-refractivity contribution in [2.75, 3.05) is 19.6 Å². The highest BCUT2D eigenvalue weighted by molar-refractivity contribution is 5.79. The fourth-order valence-corrected chi connectivity index (χ4v) is 2.18. The first-order chi connectivity index (χ1) is 12.4. The Hall–Kier alpha value is -2.58. The molecule has 0 saturated heterocycles. The van der Waals surface area contributed by atoms with Gasteiger partial charge in [-0.1, -0.05) is 0 Å². The Bertz CT molecular complexity index is 707. The van der Waals surface area contributed by atoms with Crippen LogP contribution in [0.25, 0.3) is 5.69 Å². The molecule has 0 saturated carbocycles. The van der Waals surface area contributed by atoms with E-state index in [1.54, 1.807) is 23.0 Å². The molecular formula is C17H21F4N5. The second-order valence-electron chi connectivity index (χ2n) is 5.53. The molecule has 9 heteroatoms. The van der Waals surface area contributed by atoms with Crippen LogP contribution in [-0.2, 0) is 6.42 Å². The van der Waals surface area contributed by atoms with Crippen molar-refractivity contribution in [3.05, 3.63) is 48.0 Å². The van der Waals surface area contributed by atoms with E-state index in [1.165, 1.54) is 12.1 Å². The van der Waals surface area contributed by atoms with Gasteiger partial charge in [-0.25, -0.2) is 9.07 Å². The summed E-state index contributed by atoms with van der Waals surface area (Å²) in [5, 5.41) is 10.3. The third-order valence-electron chi connectivity index (χ3n) is 3.42. The molecule has 0 atom stereocenters. The van der Waals surface area contributed by atoms with Gasteiger partial charge in [-0.2, -0.15) is 18.3 Å². The molecule has 0 aliphatic carbocycles. The summed E-state index contributed by atoms with van der Waals surface area (Å²) in [4.78, 5) is 3.90. The van der Waals surface area contributed by atoms with Gasteiger partial charge in [-0.05, 0) is 37.3 Å². The van der Waals surface area contributed by atoms with Crippen LogP contribution in [0.15, 0.2) is 41.5 Å². The fourth-order valence-electron chi connectivity index (χ4n) is 2.18. The number of nitrogens with one attached hydrogen (secondary N) is 2. The summed E-state index contributed by atoms with van der Waals surface area (Å²) in [6, 6.07) is 7.80. The van der Waals surface area contributed by atoms with Crippen molar-refractivity contribution in [2.24, 2.45) is 4.99 Å². The Kier molecular flexibility index (Phi) is 6.99. The van der Waals surface area contributed by atoms with Crippen molar-refractivity contribution in [3.63, 3.8) is 0 Å². The number of aliphatic imine (C=N–C) groups is 1. The van der Waals surface area contributed by atoms with E-state index in [1.807, 2.05) is 13.0 Å². The molecule has 0 spiro atoms. The molecule has 2 rings (SSSR count). The van der Waals surface area contributed by atoms with Gasteiger partial charge >= 0.3 is 6.18 Å². The van der Waals surface area contributed by atoms with Crippen LogP contribution in [0.3, 0.4) is 0 Å². The molecule has 5 nitrogen and oxygen atoms in total.